The van der Waals surface area contributed by atoms with Crippen molar-refractivity contribution in [2.24, 2.45) is 0 Å². The molecular formula is C5H5F3OU. The minimum absolute atomic E-state index is 0. The van der Waals surface area contributed by atoms with Gasteiger partial charge in [0.1, 0.15) is 0 Å². The van der Waals surface area contributed by atoms with Crippen molar-refractivity contribution in [1.29, 1.82) is 0 Å². The Labute approximate surface area is 81.1 Å². The summed E-state index contributed by atoms with van der Waals surface area (Å²) in [6.45, 7) is 2.40. The van der Waals surface area contributed by atoms with Crippen LogP contribution in [0.25, 0.3) is 0 Å². The van der Waals surface area contributed by atoms with Crippen LogP contribution in [0.3, 0.4) is 0 Å². The zero-order chi connectivity index (χ0) is 6.78. The smallest absolute Gasteiger partial charge is 0.418 e. The molecule has 0 bridgehead atoms. The van der Waals surface area contributed by atoms with Crippen LogP contribution in [0.15, 0.2) is 12.2 Å². The Morgan fingerprint density at radius 3 is 1.70 bits per heavy atom. The monoisotopic (exact) mass is 376 g/mol. The van der Waals surface area contributed by atoms with Gasteiger partial charge in [0.15, 0.2) is 0 Å². The Hall–Kier alpha value is 0.252. The van der Waals surface area contributed by atoms with Crippen LogP contribution >= 0.6 is 0 Å². The van der Waals surface area contributed by atoms with Crippen molar-refractivity contribution in [3.63, 3.8) is 0 Å². The first kappa shape index (κ1) is 16.7. The van der Waals surface area contributed by atoms with Crippen molar-refractivity contribution < 1.29 is 49.1 Å². The van der Waals surface area contributed by atoms with Crippen LogP contribution in [0.4, 0.5) is 13.2 Å². The van der Waals surface area contributed by atoms with Crippen molar-refractivity contribution >= 4 is 6.29 Å². The molecule has 0 saturated carbocycles. The van der Waals surface area contributed by atoms with Gasteiger partial charge in [0.05, 0.1) is 0 Å². The quantitative estimate of drug-likeness (QED) is 0.503. The summed E-state index contributed by atoms with van der Waals surface area (Å²) in [5, 5.41) is 0. The van der Waals surface area contributed by atoms with Crippen molar-refractivity contribution in [2.45, 2.75) is 6.18 Å². The topological polar surface area (TPSA) is 17.1 Å². The first-order valence-corrected chi connectivity index (χ1v) is 1.62. The van der Waals surface area contributed by atoms with Gasteiger partial charge in [0.25, 0.3) is 0 Å². The molecule has 1 nitrogen and oxygen atoms in total. The van der Waals surface area contributed by atoms with Crippen LogP contribution in [0, 0.1) is 38.5 Å². The molecule has 0 fully saturated rings. The number of rotatable bonds is 1. The molecule has 0 amide bonds. The van der Waals surface area contributed by atoms with Gasteiger partial charge < -0.3 is 12.2 Å². The minimum atomic E-state index is -4.61. The summed E-state index contributed by atoms with van der Waals surface area (Å²) >= 11 is 0. The number of hydrogen-bond donors (Lipinski definition) is 0. The van der Waals surface area contributed by atoms with Gasteiger partial charge in [-0.05, 0) is 6.29 Å². The first-order valence-electron chi connectivity index (χ1n) is 1.62. The minimum Gasteiger partial charge on any atom is -0.418 e. The maximum atomic E-state index is 11.1. The van der Waals surface area contributed by atoms with Gasteiger partial charge in [-0.1, -0.05) is 5.57 Å². The molecule has 0 aliphatic carbocycles. The average Bonchev–Trinajstić information content (AvgIpc) is 1.62. The molecule has 0 spiro atoms. The van der Waals surface area contributed by atoms with Crippen molar-refractivity contribution in [3.05, 3.63) is 19.6 Å². The molecule has 0 aromatic heterocycles. The van der Waals surface area contributed by atoms with Crippen molar-refractivity contribution in [1.82, 2.24) is 0 Å². The molecular weight excluding hydrogens is 371 g/mol. The second-order valence-corrected chi connectivity index (χ2v) is 1.08. The molecule has 10 heavy (non-hydrogen) atoms. The fourth-order valence-corrected chi connectivity index (χ4v) is 0.0579. The van der Waals surface area contributed by atoms with E-state index in [0.717, 1.165) is 0 Å². The zero-order valence-corrected chi connectivity index (χ0v) is 9.41. The molecule has 0 radical (unpaired) electrons. The van der Waals surface area contributed by atoms with Gasteiger partial charge in [0, 0.05) is 0 Å². The number of allylic oxidation sites excluding steroid dienone is 1. The van der Waals surface area contributed by atoms with E-state index in [9.17, 15) is 18.0 Å². The number of carbonyl (C=O) groups excluding carboxylic acids is 1. The first-order chi connectivity index (χ1) is 3.48. The van der Waals surface area contributed by atoms with Gasteiger partial charge >= 0.3 is 37.3 Å². The number of alkyl halides is 3. The second-order valence-electron chi connectivity index (χ2n) is 1.08. The molecule has 0 rings (SSSR count). The Morgan fingerprint density at radius 2 is 1.70 bits per heavy atom. The van der Waals surface area contributed by atoms with E-state index in [4.69, 9.17) is 0 Å². The molecule has 0 N–H and O–H groups in total. The van der Waals surface area contributed by atoms with Crippen LogP contribution in [0.2, 0.25) is 0 Å². The summed E-state index contributed by atoms with van der Waals surface area (Å²) in [5.41, 5.74) is -1.47. The third kappa shape index (κ3) is 6.37. The summed E-state index contributed by atoms with van der Waals surface area (Å²) in [6, 6.07) is 0. The Balaban J connectivity index is -0.000000245. The number of hydrogen-bond acceptors (Lipinski definition) is 1. The summed E-state index contributed by atoms with van der Waals surface area (Å²) in [5.74, 6) is 0. The summed E-state index contributed by atoms with van der Waals surface area (Å²) < 4.78 is 33.3. The molecule has 0 aromatic rings. The maximum Gasteiger partial charge on any atom is 2.00 e. The van der Waals surface area contributed by atoms with Crippen molar-refractivity contribution in [3.8, 4) is 0 Å². The van der Waals surface area contributed by atoms with E-state index in [0.29, 0.717) is 6.29 Å². The fraction of sp³-hybridized carbons (Fsp3) is 0.200. The molecule has 5 heteroatoms. The van der Waals surface area contributed by atoms with E-state index >= 15 is 0 Å². The predicted octanol–water partition coefficient (Wildman–Crippen LogP) is 1.66. The van der Waals surface area contributed by atoms with E-state index in [2.05, 4.69) is 6.58 Å². The zero-order valence-electron chi connectivity index (χ0n) is 5.25. The van der Waals surface area contributed by atoms with Crippen molar-refractivity contribution in [2.75, 3.05) is 0 Å². The normalized spacial score (nSPS) is 8.70. The largest absolute Gasteiger partial charge is 2.00 e. The van der Waals surface area contributed by atoms with Gasteiger partial charge in [-0.25, -0.2) is 6.58 Å². The average molecular weight is 376 g/mol. The molecule has 0 saturated heterocycles. The summed E-state index contributed by atoms with van der Waals surface area (Å²) in [6.07, 6.45) is -3.97. The Bertz CT molecular complexity index is 119. The maximum absolute atomic E-state index is 11.1. The van der Waals surface area contributed by atoms with E-state index in [-0.39, 0.29) is 38.5 Å². The molecule has 0 atom stereocenters. The van der Waals surface area contributed by atoms with E-state index in [1.165, 1.54) is 0 Å². The molecule has 0 heterocycles. The second kappa shape index (κ2) is 5.99. The summed E-state index contributed by atoms with van der Waals surface area (Å²) in [4.78, 5) is 9.21. The SMILES string of the molecule is C=C([C-]=O)C(F)(F)F.[CH3-].[U+2]. The molecule has 0 aromatic carbocycles. The molecule has 0 aliphatic heterocycles. The standard InChI is InChI=1S/C4H2F3O.CH3.U/c1-3(2-8)4(5,6)7;;/h1H2;1H3;/q2*-1;+2. The van der Waals surface area contributed by atoms with Crippen LogP contribution in [0.5, 0.6) is 0 Å². The van der Waals surface area contributed by atoms with Gasteiger partial charge in [-0.15, -0.1) is 0 Å². The van der Waals surface area contributed by atoms with E-state index in [1.807, 2.05) is 0 Å². The van der Waals surface area contributed by atoms with Crippen LogP contribution in [-0.2, 0) is 4.79 Å². The molecule has 0 unspecified atom stereocenters. The Morgan fingerprint density at radius 1 is 1.40 bits per heavy atom. The molecule has 0 aliphatic rings. The fourth-order valence-electron chi connectivity index (χ4n) is 0.0579. The van der Waals surface area contributed by atoms with E-state index < -0.39 is 11.7 Å². The Kier molecular flexibility index (Phi) is 10.0. The van der Waals surface area contributed by atoms with E-state index in [1.54, 1.807) is 0 Å². The third-order valence-corrected chi connectivity index (χ3v) is 0.465. The van der Waals surface area contributed by atoms with Crippen LogP contribution in [-0.4, -0.2) is 12.5 Å². The number of halogens is 3. The van der Waals surface area contributed by atoms with Crippen LogP contribution in [0.1, 0.15) is 0 Å². The van der Waals surface area contributed by atoms with Gasteiger partial charge in [-0.2, -0.15) is 13.2 Å². The van der Waals surface area contributed by atoms with Gasteiger partial charge in [0.2, 0.25) is 0 Å². The van der Waals surface area contributed by atoms with Gasteiger partial charge in [-0.3, -0.25) is 0 Å². The predicted molar refractivity (Wildman–Crippen MR) is 27.3 cm³/mol. The third-order valence-electron chi connectivity index (χ3n) is 0.465. The molecule has 56 valence electrons. The van der Waals surface area contributed by atoms with Crippen LogP contribution < -0.4 is 0 Å². The summed E-state index contributed by atoms with van der Waals surface area (Å²) in [7, 11) is 0.